The molecule has 2 aromatic carbocycles. The van der Waals surface area contributed by atoms with Gasteiger partial charge in [-0.25, -0.2) is 0 Å². The van der Waals surface area contributed by atoms with E-state index in [-0.39, 0.29) is 17.9 Å². The molecule has 110 valence electrons. The number of carbonyl (C=O) groups is 1. The topological polar surface area (TPSA) is 62.0 Å². The highest BCUT2D eigenvalue weighted by molar-refractivity contribution is 6.30. The second-order valence-corrected chi connectivity index (χ2v) is 5.37. The van der Waals surface area contributed by atoms with Crippen LogP contribution in [0.2, 0.25) is 5.02 Å². The summed E-state index contributed by atoms with van der Waals surface area (Å²) < 4.78 is 0. The number of H-pyrrole nitrogens is 1. The van der Waals surface area contributed by atoms with Crippen LogP contribution in [0.4, 0.5) is 5.69 Å². The fourth-order valence-electron chi connectivity index (χ4n) is 2.34. The quantitative estimate of drug-likeness (QED) is 0.779. The van der Waals surface area contributed by atoms with Gasteiger partial charge in [0.15, 0.2) is 0 Å². The van der Waals surface area contributed by atoms with E-state index < -0.39 is 0 Å². The molecule has 3 rings (SSSR count). The lowest BCUT2D eigenvalue weighted by Gasteiger charge is -2.08. The Morgan fingerprint density at radius 2 is 1.86 bits per heavy atom. The third kappa shape index (κ3) is 3.02. The molecule has 0 aliphatic heterocycles. The molecule has 0 aliphatic rings. The van der Waals surface area contributed by atoms with Gasteiger partial charge in [-0.05, 0) is 23.8 Å². The summed E-state index contributed by atoms with van der Waals surface area (Å²) in [6.45, 7) is 0. The molecular weight excluding hydrogens is 300 g/mol. The summed E-state index contributed by atoms with van der Waals surface area (Å²) in [6, 6.07) is 14.3. The van der Waals surface area contributed by atoms with E-state index in [1.165, 1.54) is 6.20 Å². The number of halogens is 1. The maximum atomic E-state index is 12.2. The van der Waals surface area contributed by atoms with E-state index in [1.807, 2.05) is 12.1 Å². The van der Waals surface area contributed by atoms with Crippen LogP contribution in [0.3, 0.4) is 0 Å². The molecule has 0 saturated heterocycles. The van der Waals surface area contributed by atoms with E-state index in [1.54, 1.807) is 36.4 Å². The summed E-state index contributed by atoms with van der Waals surface area (Å²) in [7, 11) is 0. The van der Waals surface area contributed by atoms with Crippen LogP contribution in [0.25, 0.3) is 10.8 Å². The highest BCUT2D eigenvalue weighted by Crippen LogP contribution is 2.19. The first-order valence-corrected chi connectivity index (χ1v) is 7.16. The number of benzene rings is 2. The number of pyridine rings is 1. The molecule has 0 spiro atoms. The van der Waals surface area contributed by atoms with Crippen molar-refractivity contribution in [3.8, 4) is 0 Å². The number of carbonyl (C=O) groups excluding carboxylic acids is 1. The summed E-state index contributed by atoms with van der Waals surface area (Å²) in [6.07, 6.45) is 1.73. The zero-order chi connectivity index (χ0) is 15.5. The Hall–Kier alpha value is -2.59. The molecule has 1 amide bonds. The lowest BCUT2D eigenvalue weighted by molar-refractivity contribution is -0.115. The maximum absolute atomic E-state index is 12.2. The summed E-state index contributed by atoms with van der Waals surface area (Å²) in [5, 5.41) is 4.68. The van der Waals surface area contributed by atoms with Crippen LogP contribution >= 0.6 is 11.6 Å². The number of nitrogens with one attached hydrogen (secondary N) is 2. The summed E-state index contributed by atoms with van der Waals surface area (Å²) in [5.74, 6) is -0.167. The van der Waals surface area contributed by atoms with Crippen molar-refractivity contribution in [2.75, 3.05) is 5.32 Å². The van der Waals surface area contributed by atoms with Crippen LogP contribution in [-0.2, 0) is 11.2 Å². The number of fused-ring (bicyclic) bond motifs is 1. The van der Waals surface area contributed by atoms with Gasteiger partial charge in [0.25, 0.3) is 5.56 Å². The number of hydrogen-bond donors (Lipinski definition) is 2. The van der Waals surface area contributed by atoms with E-state index >= 15 is 0 Å². The van der Waals surface area contributed by atoms with Crippen LogP contribution in [0.15, 0.2) is 59.5 Å². The first-order chi connectivity index (χ1) is 10.6. The normalized spacial score (nSPS) is 10.6. The minimum absolute atomic E-state index is 0.167. The van der Waals surface area contributed by atoms with Crippen molar-refractivity contribution in [2.24, 2.45) is 0 Å². The Bertz CT molecular complexity index is 902. The smallest absolute Gasteiger partial charge is 0.255 e. The van der Waals surface area contributed by atoms with Gasteiger partial charge in [0.2, 0.25) is 5.91 Å². The molecule has 0 radical (unpaired) electrons. The molecule has 4 nitrogen and oxygen atoms in total. The molecule has 1 heterocycles. The first kappa shape index (κ1) is 14.4. The second-order valence-electron chi connectivity index (χ2n) is 4.93. The van der Waals surface area contributed by atoms with Gasteiger partial charge in [-0.1, -0.05) is 41.9 Å². The van der Waals surface area contributed by atoms with Crippen molar-refractivity contribution in [3.63, 3.8) is 0 Å². The highest BCUT2D eigenvalue weighted by atomic mass is 35.5. The SMILES string of the molecule is O=C(Cc1cccc(Cl)c1)Nc1c[nH]c(=O)c2ccccc12. The van der Waals surface area contributed by atoms with Crippen LogP contribution in [0, 0.1) is 0 Å². The van der Waals surface area contributed by atoms with Gasteiger partial charge in [0.05, 0.1) is 12.1 Å². The zero-order valence-electron chi connectivity index (χ0n) is 11.6. The average Bonchev–Trinajstić information content (AvgIpc) is 2.50. The van der Waals surface area contributed by atoms with Crippen LogP contribution in [0.5, 0.6) is 0 Å². The molecule has 0 aliphatic carbocycles. The summed E-state index contributed by atoms with van der Waals surface area (Å²) >= 11 is 5.91. The number of aromatic amines is 1. The van der Waals surface area contributed by atoms with Crippen molar-refractivity contribution in [3.05, 3.63) is 75.7 Å². The molecule has 0 bridgehead atoms. The summed E-state index contributed by atoms with van der Waals surface area (Å²) in [4.78, 5) is 26.6. The standard InChI is InChI=1S/C17H13ClN2O2/c18-12-5-3-4-11(8-12)9-16(21)20-15-10-19-17(22)14-7-2-1-6-13(14)15/h1-8,10H,9H2,(H,19,22)(H,20,21). The van der Waals surface area contributed by atoms with Crippen molar-refractivity contribution >= 4 is 34.0 Å². The van der Waals surface area contributed by atoms with E-state index in [0.29, 0.717) is 21.5 Å². The van der Waals surface area contributed by atoms with E-state index in [9.17, 15) is 9.59 Å². The lowest BCUT2D eigenvalue weighted by atomic mass is 10.1. The van der Waals surface area contributed by atoms with Gasteiger partial charge in [0, 0.05) is 22.0 Å². The lowest BCUT2D eigenvalue weighted by Crippen LogP contribution is -2.16. The Morgan fingerprint density at radius 1 is 1.09 bits per heavy atom. The third-order valence-electron chi connectivity index (χ3n) is 3.34. The molecule has 0 atom stereocenters. The minimum Gasteiger partial charge on any atom is -0.326 e. The van der Waals surface area contributed by atoms with Crippen molar-refractivity contribution in [1.29, 1.82) is 0 Å². The summed E-state index contributed by atoms with van der Waals surface area (Å²) in [5.41, 5.74) is 1.24. The predicted molar refractivity (Wildman–Crippen MR) is 88.4 cm³/mol. The van der Waals surface area contributed by atoms with E-state index in [0.717, 1.165) is 5.56 Å². The molecule has 22 heavy (non-hydrogen) atoms. The Kier molecular flexibility index (Phi) is 3.94. The van der Waals surface area contributed by atoms with Gasteiger partial charge in [-0.2, -0.15) is 0 Å². The maximum Gasteiger partial charge on any atom is 0.255 e. The van der Waals surface area contributed by atoms with Crippen molar-refractivity contribution in [1.82, 2.24) is 4.98 Å². The molecule has 1 aromatic heterocycles. The van der Waals surface area contributed by atoms with Crippen molar-refractivity contribution in [2.45, 2.75) is 6.42 Å². The number of rotatable bonds is 3. The third-order valence-corrected chi connectivity index (χ3v) is 3.57. The van der Waals surface area contributed by atoms with Gasteiger partial charge in [0.1, 0.15) is 0 Å². The van der Waals surface area contributed by atoms with Gasteiger partial charge < -0.3 is 10.3 Å². The van der Waals surface area contributed by atoms with Gasteiger partial charge in [-0.3, -0.25) is 9.59 Å². The van der Waals surface area contributed by atoms with Crippen molar-refractivity contribution < 1.29 is 4.79 Å². The van der Waals surface area contributed by atoms with Crippen LogP contribution < -0.4 is 10.9 Å². The van der Waals surface area contributed by atoms with Gasteiger partial charge in [-0.15, -0.1) is 0 Å². The monoisotopic (exact) mass is 312 g/mol. The molecule has 2 N–H and O–H groups in total. The largest absolute Gasteiger partial charge is 0.326 e. The first-order valence-electron chi connectivity index (χ1n) is 6.78. The average molecular weight is 313 g/mol. The predicted octanol–water partition coefficient (Wildman–Crippen LogP) is 3.36. The molecule has 3 aromatic rings. The molecule has 0 saturated carbocycles. The number of anilines is 1. The second kappa shape index (κ2) is 6.03. The molecule has 0 fully saturated rings. The number of hydrogen-bond acceptors (Lipinski definition) is 2. The van der Waals surface area contributed by atoms with Crippen LogP contribution in [0.1, 0.15) is 5.56 Å². The fourth-order valence-corrected chi connectivity index (χ4v) is 2.55. The Balaban J connectivity index is 1.86. The fraction of sp³-hybridized carbons (Fsp3) is 0.0588. The van der Waals surface area contributed by atoms with E-state index in [2.05, 4.69) is 10.3 Å². The zero-order valence-corrected chi connectivity index (χ0v) is 12.4. The minimum atomic E-state index is -0.177. The van der Waals surface area contributed by atoms with E-state index in [4.69, 9.17) is 11.6 Å². The highest BCUT2D eigenvalue weighted by Gasteiger charge is 2.08. The molecule has 5 heteroatoms. The van der Waals surface area contributed by atoms with Gasteiger partial charge >= 0.3 is 0 Å². The Labute approximate surface area is 131 Å². The number of amides is 1. The molecular formula is C17H13ClN2O2. The Morgan fingerprint density at radius 3 is 2.64 bits per heavy atom. The van der Waals surface area contributed by atoms with Crippen LogP contribution in [-0.4, -0.2) is 10.9 Å². The molecule has 0 unspecified atom stereocenters. The number of aromatic nitrogens is 1.